The van der Waals surface area contributed by atoms with Crippen LogP contribution >= 0.6 is 0 Å². The molecule has 0 radical (unpaired) electrons. The zero-order chi connectivity index (χ0) is 15.6. The van der Waals surface area contributed by atoms with Crippen LogP contribution in [-0.2, 0) is 10.0 Å². The zero-order valence-electron chi connectivity index (χ0n) is 12.0. The highest BCUT2D eigenvalue weighted by atomic mass is 32.2. The largest absolute Gasteiger partial charge is 0.280 e. The Balaban J connectivity index is 2.36. The Bertz CT molecular complexity index is 801. The third kappa shape index (κ3) is 3.23. The van der Waals surface area contributed by atoms with Crippen molar-refractivity contribution in [1.82, 2.24) is 10.2 Å². The van der Waals surface area contributed by atoms with E-state index in [1.807, 2.05) is 19.9 Å². The molecule has 2 aromatic rings. The van der Waals surface area contributed by atoms with Gasteiger partial charge in [0.15, 0.2) is 5.82 Å². The van der Waals surface area contributed by atoms with Crippen molar-refractivity contribution in [3.8, 4) is 6.07 Å². The molecule has 1 aromatic heterocycles. The molecule has 0 aliphatic rings. The quantitative estimate of drug-likeness (QED) is 0.906. The molecule has 0 saturated carbocycles. The topological polar surface area (TPSA) is 98.6 Å². The standard InChI is InChI=1S/C14H16N4O2S/c1-9(2)12-7-14(17-16-12)18-21(19,20)13-6-11(8-15)5-4-10(13)3/h4-7,9H,1-3H3,(H2,16,17,18). The van der Waals surface area contributed by atoms with Crippen LogP contribution in [0.15, 0.2) is 29.2 Å². The van der Waals surface area contributed by atoms with Gasteiger partial charge in [0.2, 0.25) is 0 Å². The summed E-state index contributed by atoms with van der Waals surface area (Å²) in [5.41, 5.74) is 1.71. The summed E-state index contributed by atoms with van der Waals surface area (Å²) in [6, 6.07) is 8.14. The molecule has 7 heteroatoms. The highest BCUT2D eigenvalue weighted by Gasteiger charge is 2.19. The second-order valence-electron chi connectivity index (χ2n) is 5.06. The lowest BCUT2D eigenvalue weighted by Gasteiger charge is -2.08. The highest BCUT2D eigenvalue weighted by Crippen LogP contribution is 2.21. The number of nitrogens with zero attached hydrogens (tertiary/aromatic N) is 2. The Hall–Kier alpha value is -2.33. The lowest BCUT2D eigenvalue weighted by atomic mass is 10.1. The number of benzene rings is 1. The third-order valence-electron chi connectivity index (χ3n) is 3.07. The Morgan fingerprint density at radius 3 is 2.62 bits per heavy atom. The van der Waals surface area contributed by atoms with Crippen LogP contribution in [0.5, 0.6) is 0 Å². The Morgan fingerprint density at radius 1 is 1.33 bits per heavy atom. The molecule has 0 unspecified atom stereocenters. The lowest BCUT2D eigenvalue weighted by molar-refractivity contribution is 0.600. The van der Waals surface area contributed by atoms with Crippen LogP contribution < -0.4 is 4.72 Å². The number of sulfonamides is 1. The van der Waals surface area contributed by atoms with Crippen LogP contribution in [0.4, 0.5) is 5.82 Å². The number of nitriles is 1. The molecule has 0 saturated heterocycles. The maximum atomic E-state index is 12.4. The Morgan fingerprint density at radius 2 is 2.05 bits per heavy atom. The first-order valence-electron chi connectivity index (χ1n) is 6.42. The van der Waals surface area contributed by atoms with Crippen molar-refractivity contribution < 1.29 is 8.42 Å². The molecule has 6 nitrogen and oxygen atoms in total. The normalized spacial score (nSPS) is 11.4. The van der Waals surface area contributed by atoms with Crippen LogP contribution in [0, 0.1) is 18.3 Å². The number of aromatic nitrogens is 2. The van der Waals surface area contributed by atoms with Crippen LogP contribution in [0.1, 0.15) is 36.6 Å². The molecule has 21 heavy (non-hydrogen) atoms. The van der Waals surface area contributed by atoms with Gasteiger partial charge in [0.25, 0.3) is 10.0 Å². The molecule has 2 N–H and O–H groups in total. The first-order chi connectivity index (χ1) is 9.83. The minimum absolute atomic E-state index is 0.0793. The summed E-state index contributed by atoms with van der Waals surface area (Å²) < 4.78 is 27.2. The summed E-state index contributed by atoms with van der Waals surface area (Å²) in [6.07, 6.45) is 0. The minimum atomic E-state index is -3.77. The molecule has 0 aliphatic carbocycles. The van der Waals surface area contributed by atoms with E-state index in [9.17, 15) is 8.42 Å². The van der Waals surface area contributed by atoms with E-state index in [1.165, 1.54) is 6.07 Å². The van der Waals surface area contributed by atoms with Gasteiger partial charge in [-0.05, 0) is 30.5 Å². The molecule has 1 aromatic carbocycles. The summed E-state index contributed by atoms with van der Waals surface area (Å²) in [5.74, 6) is 0.458. The van der Waals surface area contributed by atoms with Crippen molar-refractivity contribution in [3.63, 3.8) is 0 Å². The van der Waals surface area contributed by atoms with Gasteiger partial charge in [0, 0.05) is 11.8 Å². The Labute approximate surface area is 123 Å². The summed E-state index contributed by atoms with van der Waals surface area (Å²) in [4.78, 5) is 0.0793. The number of aromatic amines is 1. The van der Waals surface area contributed by atoms with Gasteiger partial charge in [0.1, 0.15) is 0 Å². The van der Waals surface area contributed by atoms with Gasteiger partial charge >= 0.3 is 0 Å². The summed E-state index contributed by atoms with van der Waals surface area (Å²) >= 11 is 0. The maximum Gasteiger partial charge on any atom is 0.263 e. The van der Waals surface area contributed by atoms with Crippen molar-refractivity contribution in [2.45, 2.75) is 31.6 Å². The minimum Gasteiger partial charge on any atom is -0.280 e. The Kier molecular flexibility index (Phi) is 4.00. The number of hydrogen-bond acceptors (Lipinski definition) is 4. The van der Waals surface area contributed by atoms with Gasteiger partial charge in [-0.15, -0.1) is 0 Å². The fourth-order valence-electron chi connectivity index (χ4n) is 1.84. The summed E-state index contributed by atoms with van der Waals surface area (Å²) in [5, 5.41) is 15.6. The van der Waals surface area contributed by atoms with Crippen molar-refractivity contribution >= 4 is 15.8 Å². The second-order valence-corrected chi connectivity index (χ2v) is 6.71. The highest BCUT2D eigenvalue weighted by molar-refractivity contribution is 7.92. The fourth-order valence-corrected chi connectivity index (χ4v) is 3.10. The fraction of sp³-hybridized carbons (Fsp3) is 0.286. The number of H-pyrrole nitrogens is 1. The number of nitrogens with one attached hydrogen (secondary N) is 2. The maximum absolute atomic E-state index is 12.4. The average molecular weight is 304 g/mol. The molecule has 2 rings (SSSR count). The number of anilines is 1. The number of aryl methyl sites for hydroxylation is 1. The van der Waals surface area contributed by atoms with Crippen molar-refractivity contribution in [1.29, 1.82) is 5.26 Å². The van der Waals surface area contributed by atoms with E-state index in [1.54, 1.807) is 25.1 Å². The van der Waals surface area contributed by atoms with E-state index in [0.717, 1.165) is 5.69 Å². The summed E-state index contributed by atoms with van der Waals surface area (Å²) in [7, 11) is -3.77. The van der Waals surface area contributed by atoms with Gasteiger partial charge in [-0.3, -0.25) is 9.82 Å². The van der Waals surface area contributed by atoms with Crippen LogP contribution in [-0.4, -0.2) is 18.6 Å². The number of rotatable bonds is 4. The van der Waals surface area contributed by atoms with Gasteiger partial charge in [0.05, 0.1) is 16.5 Å². The molecule has 0 amide bonds. The summed E-state index contributed by atoms with van der Waals surface area (Å²) in [6.45, 7) is 5.64. The van der Waals surface area contributed by atoms with E-state index in [0.29, 0.717) is 11.1 Å². The van der Waals surface area contributed by atoms with Gasteiger partial charge in [-0.25, -0.2) is 8.42 Å². The van der Waals surface area contributed by atoms with Crippen LogP contribution in [0.3, 0.4) is 0 Å². The van der Waals surface area contributed by atoms with E-state index in [-0.39, 0.29) is 16.6 Å². The SMILES string of the molecule is Cc1ccc(C#N)cc1S(=O)(=O)Nc1cc(C(C)C)[nH]n1. The van der Waals surface area contributed by atoms with E-state index >= 15 is 0 Å². The molecule has 0 bridgehead atoms. The first kappa shape index (κ1) is 15.1. The van der Waals surface area contributed by atoms with E-state index in [4.69, 9.17) is 5.26 Å². The molecular formula is C14H16N4O2S. The van der Waals surface area contributed by atoms with Crippen LogP contribution in [0.25, 0.3) is 0 Å². The third-order valence-corrected chi connectivity index (χ3v) is 4.56. The molecule has 110 valence electrons. The van der Waals surface area contributed by atoms with E-state index < -0.39 is 10.0 Å². The smallest absolute Gasteiger partial charge is 0.263 e. The van der Waals surface area contributed by atoms with Gasteiger partial charge in [-0.2, -0.15) is 10.4 Å². The van der Waals surface area contributed by atoms with Crippen molar-refractivity contribution in [3.05, 3.63) is 41.1 Å². The van der Waals surface area contributed by atoms with Crippen LogP contribution in [0.2, 0.25) is 0 Å². The lowest BCUT2D eigenvalue weighted by Crippen LogP contribution is -2.14. The van der Waals surface area contributed by atoms with Crippen molar-refractivity contribution in [2.24, 2.45) is 0 Å². The molecule has 1 heterocycles. The second kappa shape index (κ2) is 5.58. The molecule has 0 aliphatic heterocycles. The zero-order valence-corrected chi connectivity index (χ0v) is 12.8. The first-order valence-corrected chi connectivity index (χ1v) is 7.90. The average Bonchev–Trinajstić information content (AvgIpc) is 2.87. The number of hydrogen-bond donors (Lipinski definition) is 2. The monoisotopic (exact) mass is 304 g/mol. The molecule has 0 fully saturated rings. The predicted molar refractivity (Wildman–Crippen MR) is 79.4 cm³/mol. The molecular weight excluding hydrogens is 288 g/mol. The van der Waals surface area contributed by atoms with Gasteiger partial charge < -0.3 is 0 Å². The molecule has 0 atom stereocenters. The van der Waals surface area contributed by atoms with E-state index in [2.05, 4.69) is 14.9 Å². The van der Waals surface area contributed by atoms with Gasteiger partial charge in [-0.1, -0.05) is 19.9 Å². The molecule has 0 spiro atoms. The van der Waals surface area contributed by atoms with Crippen molar-refractivity contribution in [2.75, 3.05) is 4.72 Å². The predicted octanol–water partition coefficient (Wildman–Crippen LogP) is 2.51.